The summed E-state index contributed by atoms with van der Waals surface area (Å²) in [6, 6.07) is 15.4. The van der Waals surface area contributed by atoms with Gasteiger partial charge in [0.05, 0.1) is 7.11 Å². The van der Waals surface area contributed by atoms with Gasteiger partial charge in [-0.05, 0) is 48.9 Å². The molecule has 0 aliphatic carbocycles. The predicted molar refractivity (Wildman–Crippen MR) is 139 cm³/mol. The summed E-state index contributed by atoms with van der Waals surface area (Å²) < 4.78 is 7.06. The van der Waals surface area contributed by atoms with Crippen molar-refractivity contribution >= 4 is 11.8 Å². The number of ether oxygens (including phenoxy) is 1. The van der Waals surface area contributed by atoms with E-state index < -0.39 is 11.3 Å². The molecule has 1 atom stereocenters. The van der Waals surface area contributed by atoms with Crippen LogP contribution in [0.25, 0.3) is 0 Å². The number of nitrogens with zero attached hydrogens (tertiary/aromatic N) is 2. The minimum Gasteiger partial charge on any atom is -0.497 e. The average Bonchev–Trinajstić information content (AvgIpc) is 2.88. The first kappa shape index (κ1) is 25.2. The number of aryl methyl sites for hydroxylation is 1. The lowest BCUT2D eigenvalue weighted by molar-refractivity contribution is 0.0680. The third-order valence-electron chi connectivity index (χ3n) is 6.57. The van der Waals surface area contributed by atoms with Crippen LogP contribution in [0.5, 0.6) is 5.75 Å². The lowest BCUT2D eigenvalue weighted by Gasteiger charge is -2.31. The van der Waals surface area contributed by atoms with Crippen molar-refractivity contribution in [3.05, 3.63) is 99.0 Å². The van der Waals surface area contributed by atoms with E-state index in [1.165, 1.54) is 6.20 Å². The summed E-state index contributed by atoms with van der Waals surface area (Å²) >= 11 is 0. The third kappa shape index (κ3) is 6.03. The second kappa shape index (κ2) is 11.2. The number of hydrogen-bond donors (Lipinski definition) is 1. The van der Waals surface area contributed by atoms with Gasteiger partial charge in [0.2, 0.25) is 5.43 Å². The Morgan fingerprint density at radius 2 is 1.81 bits per heavy atom. The maximum Gasteiger partial charge on any atom is 0.259 e. The molecule has 1 saturated heterocycles. The zero-order valence-electron chi connectivity index (χ0n) is 21.1. The number of carbonyl (C=O) groups excluding carboxylic acids is 2. The maximum atomic E-state index is 13.4. The van der Waals surface area contributed by atoms with Crippen LogP contribution in [0, 0.1) is 12.8 Å². The number of benzene rings is 2. The molecule has 1 aromatic heterocycles. The number of nitrogens with one attached hydrogen (secondary N) is 1. The zero-order valence-corrected chi connectivity index (χ0v) is 21.1. The number of likely N-dealkylation sites (tertiary alicyclic amines) is 1. The number of amides is 2. The van der Waals surface area contributed by atoms with Gasteiger partial charge in [-0.25, -0.2) is 0 Å². The lowest BCUT2D eigenvalue weighted by Crippen LogP contribution is -2.42. The molecule has 0 saturated carbocycles. The van der Waals surface area contributed by atoms with E-state index in [1.54, 1.807) is 22.8 Å². The summed E-state index contributed by atoms with van der Waals surface area (Å²) in [5.74, 6) is 0.270. The minimum atomic E-state index is -0.540. The highest BCUT2D eigenvalue weighted by Crippen LogP contribution is 2.18. The van der Waals surface area contributed by atoms with E-state index in [9.17, 15) is 14.4 Å². The van der Waals surface area contributed by atoms with E-state index >= 15 is 0 Å². The van der Waals surface area contributed by atoms with Crippen LogP contribution in [0.3, 0.4) is 0 Å². The monoisotopic (exact) mass is 487 g/mol. The predicted octanol–water partition coefficient (Wildman–Crippen LogP) is 4.02. The molecule has 1 N–H and O–H groups in total. The van der Waals surface area contributed by atoms with Crippen molar-refractivity contribution in [3.8, 4) is 5.75 Å². The van der Waals surface area contributed by atoms with Crippen LogP contribution >= 0.6 is 0 Å². The van der Waals surface area contributed by atoms with Crippen molar-refractivity contribution in [1.82, 2.24) is 14.8 Å². The molecule has 2 amide bonds. The first-order valence-electron chi connectivity index (χ1n) is 12.3. The standard InChI is InChI=1S/C29H33N3O4/c1-20-9-11-22(12-10-20)15-30-28(34)25-18-31(17-23-7-4-8-24(14-23)36-3)19-26(27(25)33)29(35)32-13-5-6-21(2)16-32/h4,7-12,14,18-19,21H,5-6,13,15-17H2,1-3H3,(H,30,34). The number of methoxy groups -OCH3 is 1. The van der Waals surface area contributed by atoms with E-state index in [0.29, 0.717) is 31.3 Å². The lowest BCUT2D eigenvalue weighted by atomic mass is 9.99. The van der Waals surface area contributed by atoms with Gasteiger partial charge < -0.3 is 19.5 Å². The second-order valence-electron chi connectivity index (χ2n) is 9.61. The normalized spacial score (nSPS) is 15.4. The molecule has 1 unspecified atom stereocenters. The highest BCUT2D eigenvalue weighted by molar-refractivity contribution is 5.99. The molecule has 4 rings (SSSR count). The Morgan fingerprint density at radius 3 is 2.53 bits per heavy atom. The molecule has 7 heteroatoms. The highest BCUT2D eigenvalue weighted by Gasteiger charge is 2.26. The largest absolute Gasteiger partial charge is 0.497 e. The van der Waals surface area contributed by atoms with E-state index in [4.69, 9.17) is 4.74 Å². The van der Waals surface area contributed by atoms with Crippen molar-refractivity contribution < 1.29 is 14.3 Å². The van der Waals surface area contributed by atoms with Gasteiger partial charge >= 0.3 is 0 Å². The van der Waals surface area contributed by atoms with Crippen molar-refractivity contribution in [1.29, 1.82) is 0 Å². The molecule has 1 fully saturated rings. The second-order valence-corrected chi connectivity index (χ2v) is 9.61. The van der Waals surface area contributed by atoms with E-state index in [-0.39, 0.29) is 23.6 Å². The van der Waals surface area contributed by atoms with Crippen molar-refractivity contribution in [2.24, 2.45) is 5.92 Å². The van der Waals surface area contributed by atoms with Crippen LogP contribution in [0.1, 0.15) is 57.2 Å². The first-order valence-corrected chi connectivity index (χ1v) is 12.3. The van der Waals surface area contributed by atoms with Crippen LogP contribution < -0.4 is 15.5 Å². The number of pyridine rings is 1. The van der Waals surface area contributed by atoms with Crippen molar-refractivity contribution in [3.63, 3.8) is 0 Å². The van der Waals surface area contributed by atoms with Crippen LogP contribution in [0.2, 0.25) is 0 Å². The summed E-state index contributed by atoms with van der Waals surface area (Å²) in [6.07, 6.45) is 5.06. The summed E-state index contributed by atoms with van der Waals surface area (Å²) in [5, 5.41) is 2.84. The van der Waals surface area contributed by atoms with Gasteiger partial charge in [-0.1, -0.05) is 48.9 Å². The summed E-state index contributed by atoms with van der Waals surface area (Å²) in [7, 11) is 1.60. The molecule has 36 heavy (non-hydrogen) atoms. The average molecular weight is 488 g/mol. The fourth-order valence-corrected chi connectivity index (χ4v) is 4.55. The number of rotatable bonds is 7. The quantitative estimate of drug-likeness (QED) is 0.546. The van der Waals surface area contributed by atoms with E-state index in [1.807, 2.05) is 55.5 Å². The Bertz CT molecular complexity index is 1300. The van der Waals surface area contributed by atoms with Gasteiger partial charge in [-0.3, -0.25) is 14.4 Å². The van der Waals surface area contributed by atoms with Crippen LogP contribution in [-0.4, -0.2) is 41.5 Å². The molecule has 2 aromatic carbocycles. The van der Waals surface area contributed by atoms with Gasteiger partial charge in [0, 0.05) is 38.6 Å². The molecule has 0 spiro atoms. The Morgan fingerprint density at radius 1 is 1.06 bits per heavy atom. The number of piperidine rings is 1. The van der Waals surface area contributed by atoms with Crippen LogP contribution in [0.4, 0.5) is 0 Å². The highest BCUT2D eigenvalue weighted by atomic mass is 16.5. The summed E-state index contributed by atoms with van der Waals surface area (Å²) in [6.45, 7) is 6.00. The molecule has 7 nitrogen and oxygen atoms in total. The van der Waals surface area contributed by atoms with Gasteiger partial charge in [-0.2, -0.15) is 0 Å². The van der Waals surface area contributed by atoms with Crippen molar-refractivity contribution in [2.45, 2.75) is 39.8 Å². The minimum absolute atomic E-state index is 0.0231. The molecule has 0 radical (unpaired) electrons. The smallest absolute Gasteiger partial charge is 0.259 e. The van der Waals surface area contributed by atoms with Gasteiger partial charge in [0.1, 0.15) is 16.9 Å². The molecule has 0 bridgehead atoms. The topological polar surface area (TPSA) is 80.6 Å². The maximum absolute atomic E-state index is 13.4. The van der Waals surface area contributed by atoms with Gasteiger partial charge in [0.15, 0.2) is 0 Å². The number of carbonyl (C=O) groups is 2. The Hall–Kier alpha value is -3.87. The van der Waals surface area contributed by atoms with E-state index in [2.05, 4.69) is 12.2 Å². The Labute approximate surface area is 211 Å². The summed E-state index contributed by atoms with van der Waals surface area (Å²) in [5.41, 5.74) is 2.43. The number of hydrogen-bond acceptors (Lipinski definition) is 4. The molecular formula is C29H33N3O4. The number of aromatic nitrogens is 1. The Kier molecular flexibility index (Phi) is 7.88. The SMILES string of the molecule is COc1cccc(Cn2cc(C(=O)NCc3ccc(C)cc3)c(=O)c(C(=O)N3CCCC(C)C3)c2)c1. The molecule has 1 aliphatic heterocycles. The molecular weight excluding hydrogens is 454 g/mol. The van der Waals surface area contributed by atoms with Gasteiger partial charge in [-0.15, -0.1) is 0 Å². The van der Waals surface area contributed by atoms with Crippen molar-refractivity contribution in [2.75, 3.05) is 20.2 Å². The summed E-state index contributed by atoms with van der Waals surface area (Å²) in [4.78, 5) is 41.7. The molecule has 1 aliphatic rings. The molecule has 2 heterocycles. The Balaban J connectivity index is 1.66. The van der Waals surface area contributed by atoms with Crippen LogP contribution in [-0.2, 0) is 13.1 Å². The van der Waals surface area contributed by atoms with Gasteiger partial charge in [0.25, 0.3) is 11.8 Å². The third-order valence-corrected chi connectivity index (χ3v) is 6.57. The first-order chi connectivity index (χ1) is 17.3. The molecule has 3 aromatic rings. The fourth-order valence-electron chi connectivity index (χ4n) is 4.55. The van der Waals surface area contributed by atoms with E-state index in [0.717, 1.165) is 29.5 Å². The fraction of sp³-hybridized carbons (Fsp3) is 0.345. The zero-order chi connectivity index (χ0) is 25.7. The van der Waals surface area contributed by atoms with Crippen LogP contribution in [0.15, 0.2) is 65.7 Å². The molecule has 188 valence electrons.